The number of carboxylic acids is 5. The summed E-state index contributed by atoms with van der Waals surface area (Å²) in [6.07, 6.45) is 0.386. The lowest BCUT2D eigenvalue weighted by Gasteiger charge is -2.34. The zero-order valence-electron chi connectivity index (χ0n) is 20.4. The van der Waals surface area contributed by atoms with E-state index in [0.717, 1.165) is 11.8 Å². The van der Waals surface area contributed by atoms with Gasteiger partial charge < -0.3 is 25.5 Å². The van der Waals surface area contributed by atoms with Crippen LogP contribution in [0, 0.1) is 10.7 Å². The van der Waals surface area contributed by atoms with Crippen LogP contribution < -0.4 is 0 Å². The van der Waals surface area contributed by atoms with Crippen molar-refractivity contribution in [2.75, 3.05) is 52.4 Å². The van der Waals surface area contributed by atoms with Crippen molar-refractivity contribution in [1.29, 1.82) is 5.26 Å². The van der Waals surface area contributed by atoms with Gasteiger partial charge in [0.15, 0.2) is 0 Å². The van der Waals surface area contributed by atoms with Crippen LogP contribution >= 0.6 is 11.8 Å². The molecule has 0 saturated heterocycles. The number of rotatable bonds is 20. The molecule has 1 rings (SSSR count). The van der Waals surface area contributed by atoms with Gasteiger partial charge in [-0.3, -0.25) is 38.7 Å². The number of aliphatic carboxylic acids is 5. The number of benzene rings is 1. The molecular weight excluding hydrogens is 524 g/mol. The minimum Gasteiger partial charge on any atom is -0.480 e. The molecule has 208 valence electrons. The van der Waals surface area contributed by atoms with E-state index in [4.69, 9.17) is 15.5 Å². The van der Waals surface area contributed by atoms with Crippen molar-refractivity contribution < 1.29 is 49.5 Å². The van der Waals surface area contributed by atoms with Crippen LogP contribution in [0.1, 0.15) is 12.0 Å². The van der Waals surface area contributed by atoms with Crippen LogP contribution in [0.15, 0.2) is 29.2 Å². The van der Waals surface area contributed by atoms with Gasteiger partial charge in [-0.2, -0.15) is 5.26 Å². The van der Waals surface area contributed by atoms with Gasteiger partial charge >= 0.3 is 29.8 Å². The van der Waals surface area contributed by atoms with E-state index >= 15 is 0 Å². The zero-order valence-corrected chi connectivity index (χ0v) is 21.2. The highest BCUT2D eigenvalue weighted by atomic mass is 32.2. The first-order chi connectivity index (χ1) is 17.9. The molecule has 5 N–H and O–H groups in total. The molecule has 1 unspecified atom stereocenters. The molecule has 14 nitrogen and oxygen atoms in total. The van der Waals surface area contributed by atoms with Crippen LogP contribution in [0.3, 0.4) is 0 Å². The van der Waals surface area contributed by atoms with E-state index in [1.165, 1.54) is 14.7 Å². The monoisotopic (exact) mass is 554 g/mol. The predicted octanol–water partition coefficient (Wildman–Crippen LogP) is -0.110. The molecule has 1 aromatic carbocycles. The number of hydrogen-bond donors (Lipinski definition) is 5. The topological polar surface area (TPSA) is 220 Å². The van der Waals surface area contributed by atoms with Gasteiger partial charge in [-0.05, 0) is 42.3 Å². The number of nitriles is 1. The Labute approximate surface area is 222 Å². The Hall–Kier alpha value is -3.71. The Morgan fingerprint density at radius 1 is 0.737 bits per heavy atom. The molecule has 0 aromatic heterocycles. The van der Waals surface area contributed by atoms with E-state index in [1.807, 2.05) is 5.40 Å². The number of carboxylic acid groups (broad SMARTS) is 5. The smallest absolute Gasteiger partial charge is 0.317 e. The molecule has 1 atom stereocenters. The standard InChI is InChI=1S/C23H30N4O10S/c24-15-38-18-4-2-16(3-5-18)8-17(27(13-22(34)35)14-23(36)37)9-25(10-19(28)29)6-1-7-26(11-20(30)31)12-21(32)33/h2-5,17H,1,6-14H2,(H,28,29)(H,30,31)(H,32,33)(H,34,35)(H,36,37). The Bertz CT molecular complexity index is 982. The maximum Gasteiger partial charge on any atom is 0.317 e. The van der Waals surface area contributed by atoms with Crippen LogP contribution in [-0.4, -0.2) is 128 Å². The molecule has 0 amide bonds. The van der Waals surface area contributed by atoms with Gasteiger partial charge in [-0.15, -0.1) is 0 Å². The van der Waals surface area contributed by atoms with Crippen molar-refractivity contribution in [3.05, 3.63) is 29.8 Å². The van der Waals surface area contributed by atoms with Gasteiger partial charge in [0.1, 0.15) is 5.40 Å². The second-order valence-electron chi connectivity index (χ2n) is 8.37. The van der Waals surface area contributed by atoms with Crippen molar-refractivity contribution in [2.24, 2.45) is 0 Å². The van der Waals surface area contributed by atoms with E-state index in [1.54, 1.807) is 24.3 Å². The molecule has 0 spiro atoms. The van der Waals surface area contributed by atoms with Gasteiger partial charge in [-0.1, -0.05) is 12.1 Å². The molecule has 0 saturated carbocycles. The van der Waals surface area contributed by atoms with Crippen LogP contribution in [0.4, 0.5) is 0 Å². The number of nitrogens with zero attached hydrogens (tertiary/aromatic N) is 4. The minimum atomic E-state index is -1.26. The molecule has 0 aliphatic heterocycles. The summed E-state index contributed by atoms with van der Waals surface area (Å²) < 4.78 is 0. The molecule has 38 heavy (non-hydrogen) atoms. The van der Waals surface area contributed by atoms with Crippen LogP contribution in [0.5, 0.6) is 0 Å². The molecule has 0 aliphatic carbocycles. The summed E-state index contributed by atoms with van der Waals surface area (Å²) in [5, 5.41) is 56.9. The fourth-order valence-electron chi connectivity index (χ4n) is 3.83. The highest BCUT2D eigenvalue weighted by Gasteiger charge is 2.27. The van der Waals surface area contributed by atoms with Gasteiger partial charge in [0.05, 0.1) is 32.7 Å². The van der Waals surface area contributed by atoms with Crippen molar-refractivity contribution >= 4 is 41.6 Å². The molecule has 0 fully saturated rings. The second kappa shape index (κ2) is 16.9. The zero-order chi connectivity index (χ0) is 28.7. The third-order valence-electron chi connectivity index (χ3n) is 5.25. The lowest BCUT2D eigenvalue weighted by atomic mass is 10.0. The molecule has 0 aliphatic rings. The molecule has 1 aromatic rings. The lowest BCUT2D eigenvalue weighted by Crippen LogP contribution is -2.50. The Morgan fingerprint density at radius 3 is 1.63 bits per heavy atom. The normalized spacial score (nSPS) is 11.8. The van der Waals surface area contributed by atoms with E-state index in [9.17, 15) is 39.3 Å². The Balaban J connectivity index is 3.13. The van der Waals surface area contributed by atoms with Crippen LogP contribution in [0.25, 0.3) is 0 Å². The highest BCUT2D eigenvalue weighted by molar-refractivity contribution is 8.03. The predicted molar refractivity (Wildman–Crippen MR) is 133 cm³/mol. The average Bonchev–Trinajstić information content (AvgIpc) is 2.77. The Morgan fingerprint density at radius 2 is 1.18 bits per heavy atom. The molecular formula is C23H30N4O10S. The van der Waals surface area contributed by atoms with Crippen molar-refractivity contribution in [3.8, 4) is 5.40 Å². The molecule has 15 heteroatoms. The SMILES string of the molecule is N#CSc1ccc(CC(CN(CCCN(CC(=O)O)CC(=O)O)CC(=O)O)N(CC(=O)O)CC(=O)O)cc1. The van der Waals surface area contributed by atoms with E-state index in [-0.39, 0.29) is 32.5 Å². The fraction of sp³-hybridized carbons (Fsp3) is 0.478. The molecule has 0 heterocycles. The van der Waals surface area contributed by atoms with E-state index in [0.29, 0.717) is 10.5 Å². The quantitative estimate of drug-likeness (QED) is 0.105. The summed E-state index contributed by atoms with van der Waals surface area (Å²) in [6, 6.07) is 6.07. The molecule has 0 radical (unpaired) electrons. The third kappa shape index (κ3) is 14.1. The van der Waals surface area contributed by atoms with E-state index in [2.05, 4.69) is 0 Å². The van der Waals surface area contributed by atoms with Gasteiger partial charge in [0.2, 0.25) is 0 Å². The van der Waals surface area contributed by atoms with Crippen molar-refractivity contribution in [3.63, 3.8) is 0 Å². The fourth-order valence-corrected chi connectivity index (χ4v) is 4.21. The first-order valence-corrected chi connectivity index (χ1v) is 12.1. The Kier molecular flexibility index (Phi) is 14.4. The lowest BCUT2D eigenvalue weighted by molar-refractivity contribution is -0.145. The van der Waals surface area contributed by atoms with E-state index < -0.39 is 68.6 Å². The summed E-state index contributed by atoms with van der Waals surface area (Å²) in [6.45, 7) is -2.58. The summed E-state index contributed by atoms with van der Waals surface area (Å²) in [5.74, 6) is -6.14. The van der Waals surface area contributed by atoms with Crippen molar-refractivity contribution in [1.82, 2.24) is 14.7 Å². The maximum atomic E-state index is 11.5. The first kappa shape index (κ1) is 32.3. The number of hydrogen-bond acceptors (Lipinski definition) is 10. The summed E-state index contributed by atoms with van der Waals surface area (Å²) in [5.41, 5.74) is 0.711. The van der Waals surface area contributed by atoms with Crippen molar-refractivity contribution in [2.45, 2.75) is 23.8 Å². The number of thioether (sulfide) groups is 1. The molecule has 0 bridgehead atoms. The summed E-state index contributed by atoms with van der Waals surface area (Å²) >= 11 is 0.951. The third-order valence-corrected chi connectivity index (χ3v) is 5.84. The highest BCUT2D eigenvalue weighted by Crippen LogP contribution is 2.19. The van der Waals surface area contributed by atoms with Crippen LogP contribution in [0.2, 0.25) is 0 Å². The largest absolute Gasteiger partial charge is 0.480 e. The second-order valence-corrected chi connectivity index (χ2v) is 9.23. The van der Waals surface area contributed by atoms with Crippen LogP contribution in [-0.2, 0) is 30.4 Å². The van der Waals surface area contributed by atoms with Gasteiger partial charge in [-0.25, -0.2) is 0 Å². The number of carbonyl (C=O) groups is 5. The maximum absolute atomic E-state index is 11.5. The van der Waals surface area contributed by atoms with Gasteiger partial charge in [0.25, 0.3) is 0 Å². The first-order valence-electron chi connectivity index (χ1n) is 11.3. The summed E-state index contributed by atoms with van der Waals surface area (Å²) in [7, 11) is 0. The average molecular weight is 555 g/mol. The number of thiocyanates is 1. The summed E-state index contributed by atoms with van der Waals surface area (Å²) in [4.78, 5) is 61.1. The minimum absolute atomic E-state index is 0.0284. The van der Waals surface area contributed by atoms with Gasteiger partial charge in [0, 0.05) is 30.6 Å².